The fourth-order valence-electron chi connectivity index (χ4n) is 4.72. The zero-order chi connectivity index (χ0) is 21.9. The first-order chi connectivity index (χ1) is 15.5. The van der Waals surface area contributed by atoms with Crippen molar-refractivity contribution in [2.45, 2.75) is 13.0 Å². The van der Waals surface area contributed by atoms with Crippen LogP contribution in [0.5, 0.6) is 5.75 Å². The fraction of sp³-hybridized carbons (Fsp3) is 0.435. The van der Waals surface area contributed by atoms with E-state index in [0.717, 1.165) is 34.5 Å². The summed E-state index contributed by atoms with van der Waals surface area (Å²) in [5.41, 5.74) is 3.67. The van der Waals surface area contributed by atoms with Crippen LogP contribution in [0.4, 0.5) is 5.82 Å². The Bertz CT molecular complexity index is 1340. The maximum absolute atomic E-state index is 13.5. The highest BCUT2D eigenvalue weighted by molar-refractivity contribution is 8.02. The summed E-state index contributed by atoms with van der Waals surface area (Å²) >= 11 is 0. The highest BCUT2D eigenvalue weighted by Gasteiger charge is 2.36. The quantitative estimate of drug-likeness (QED) is 0.593. The van der Waals surface area contributed by atoms with Crippen molar-refractivity contribution in [3.8, 4) is 17.1 Å². The number of nitrogens with one attached hydrogen (secondary N) is 1. The van der Waals surface area contributed by atoms with Crippen molar-refractivity contribution in [1.82, 2.24) is 15.0 Å². The molecule has 0 aliphatic carbocycles. The Kier molecular flexibility index (Phi) is 4.67. The van der Waals surface area contributed by atoms with Crippen molar-refractivity contribution >= 4 is 31.1 Å². The second-order valence-corrected chi connectivity index (χ2v) is 11.6. The van der Waals surface area contributed by atoms with Gasteiger partial charge in [0.15, 0.2) is 17.4 Å². The molecule has 6 rings (SSSR count). The summed E-state index contributed by atoms with van der Waals surface area (Å²) in [5, 5.41) is 1.06. The van der Waals surface area contributed by atoms with E-state index in [2.05, 4.69) is 22.0 Å². The van der Waals surface area contributed by atoms with Gasteiger partial charge in [-0.15, -0.1) is 0 Å². The molecule has 0 spiro atoms. The van der Waals surface area contributed by atoms with Crippen molar-refractivity contribution in [2.75, 3.05) is 56.5 Å². The minimum atomic E-state index is -2.25. The van der Waals surface area contributed by atoms with Crippen molar-refractivity contribution in [1.29, 1.82) is 0 Å². The fourth-order valence-corrected chi connectivity index (χ4v) is 6.28. The van der Waals surface area contributed by atoms with Crippen molar-refractivity contribution in [3.05, 3.63) is 35.7 Å². The van der Waals surface area contributed by atoms with Gasteiger partial charge in [0.25, 0.3) is 0 Å². The molecule has 0 amide bonds. The number of nitrogens with zero attached hydrogens (tertiary/aromatic N) is 3. The van der Waals surface area contributed by atoms with Gasteiger partial charge in [-0.1, -0.05) is 12.1 Å². The first-order valence-corrected chi connectivity index (χ1v) is 13.0. The third-order valence-corrected chi connectivity index (χ3v) is 8.74. The Morgan fingerprint density at radius 1 is 1.19 bits per heavy atom. The lowest BCUT2D eigenvalue weighted by Gasteiger charge is -2.41. The number of aromatic nitrogens is 3. The van der Waals surface area contributed by atoms with Crippen LogP contribution in [0.2, 0.25) is 0 Å². The second kappa shape index (κ2) is 7.47. The summed E-state index contributed by atoms with van der Waals surface area (Å²) in [4.78, 5) is 16.3. The molecular weight excluding hydrogens is 428 g/mol. The molecule has 2 atom stereocenters. The molecule has 9 heteroatoms. The van der Waals surface area contributed by atoms with Crippen LogP contribution < -0.4 is 9.64 Å². The molecule has 0 saturated carbocycles. The molecule has 1 fully saturated rings. The predicted octanol–water partition coefficient (Wildman–Crippen LogP) is 2.00. The van der Waals surface area contributed by atoms with E-state index >= 15 is 0 Å². The molecule has 1 aromatic carbocycles. The zero-order valence-corrected chi connectivity index (χ0v) is 19.0. The summed E-state index contributed by atoms with van der Waals surface area (Å²) in [7, 11) is -2.25. The number of fused-ring (bicyclic) bond motifs is 4. The maximum atomic E-state index is 13.5. The minimum absolute atomic E-state index is 0.107. The molecule has 3 aromatic rings. The van der Waals surface area contributed by atoms with E-state index in [1.165, 1.54) is 0 Å². The number of morpholine rings is 1. The molecular formula is C23H26N4O4S. The van der Waals surface area contributed by atoms with E-state index < -0.39 is 9.52 Å². The van der Waals surface area contributed by atoms with Gasteiger partial charge in [-0.25, -0.2) is 9.97 Å². The van der Waals surface area contributed by atoms with Gasteiger partial charge in [-0.3, -0.25) is 4.21 Å². The number of hydrogen-bond donors (Lipinski definition) is 1. The van der Waals surface area contributed by atoms with Gasteiger partial charge >= 0.3 is 0 Å². The normalized spacial score (nSPS) is 25.4. The Morgan fingerprint density at radius 2 is 2.09 bits per heavy atom. The van der Waals surface area contributed by atoms with Crippen LogP contribution in [0.3, 0.4) is 0 Å². The highest BCUT2D eigenvalue weighted by atomic mass is 32.2. The molecule has 2 unspecified atom stereocenters. The second-order valence-electron chi connectivity index (χ2n) is 8.69. The number of aryl methyl sites for hydroxylation is 1. The van der Waals surface area contributed by atoms with Crippen LogP contribution >= 0.6 is 0 Å². The van der Waals surface area contributed by atoms with Crippen molar-refractivity contribution < 1.29 is 18.4 Å². The van der Waals surface area contributed by atoms with E-state index in [-0.39, 0.29) is 6.04 Å². The van der Waals surface area contributed by atoms with Gasteiger partial charge < -0.3 is 24.1 Å². The topological polar surface area (TPSA) is 89.6 Å². The number of aromatic amines is 1. The van der Waals surface area contributed by atoms with Crippen LogP contribution in [-0.4, -0.2) is 81.7 Å². The molecule has 2 aromatic heterocycles. The average molecular weight is 455 g/mol. The summed E-state index contributed by atoms with van der Waals surface area (Å²) in [6.45, 7) is 5.30. The standard InChI is InChI=1S/C23H26N4O4S/c1-14-10-17-16(4-3-5-18(17)24-14)22-25-20(19-13-30-8-9-32(19,2)28)21-23(26-22)27-6-7-29-11-15(27)12-31-21/h3-5,10,15,24H,6-9,11-13H2,1-2H3. The molecule has 8 nitrogen and oxygen atoms in total. The average Bonchev–Trinajstić information content (AvgIpc) is 3.18. The SMILES string of the molecule is Cc1cc2c(-c3nc(C4=S(C)(=O)CCOC4)c4c(n3)N3CCOCC3CO4)cccc2[nH]1. The van der Waals surface area contributed by atoms with Gasteiger partial charge in [-0.05, 0) is 28.6 Å². The predicted molar refractivity (Wildman–Crippen MR) is 125 cm³/mol. The lowest BCUT2D eigenvalue weighted by Crippen LogP contribution is -2.52. The summed E-state index contributed by atoms with van der Waals surface area (Å²) in [6, 6.07) is 8.31. The molecule has 0 radical (unpaired) electrons. The van der Waals surface area contributed by atoms with Crippen LogP contribution in [0.15, 0.2) is 24.3 Å². The van der Waals surface area contributed by atoms with Gasteiger partial charge in [0, 0.05) is 40.7 Å². The monoisotopic (exact) mass is 454 g/mol. The number of benzene rings is 1. The van der Waals surface area contributed by atoms with E-state index in [9.17, 15) is 4.21 Å². The van der Waals surface area contributed by atoms with Crippen LogP contribution in [0, 0.1) is 6.92 Å². The molecule has 3 aliphatic heterocycles. The highest BCUT2D eigenvalue weighted by Crippen LogP contribution is 2.39. The number of ether oxygens (including phenoxy) is 3. The van der Waals surface area contributed by atoms with Gasteiger partial charge in [0.1, 0.15) is 12.3 Å². The van der Waals surface area contributed by atoms with E-state index in [4.69, 9.17) is 24.2 Å². The third-order valence-electron chi connectivity index (χ3n) is 6.44. The summed E-state index contributed by atoms with van der Waals surface area (Å²) < 4.78 is 31.1. The number of anilines is 1. The lowest BCUT2D eigenvalue weighted by atomic mass is 10.1. The molecule has 1 N–H and O–H groups in total. The van der Waals surface area contributed by atoms with Crippen molar-refractivity contribution in [3.63, 3.8) is 0 Å². The number of H-pyrrole nitrogens is 1. The number of rotatable bonds is 2. The summed E-state index contributed by atoms with van der Waals surface area (Å²) in [5.74, 6) is 2.46. The molecule has 32 heavy (non-hydrogen) atoms. The van der Waals surface area contributed by atoms with Crippen molar-refractivity contribution in [2.24, 2.45) is 0 Å². The van der Waals surface area contributed by atoms with Gasteiger partial charge in [0.2, 0.25) is 0 Å². The first kappa shape index (κ1) is 20.0. The molecule has 3 aliphatic rings. The molecule has 1 saturated heterocycles. The van der Waals surface area contributed by atoms with Crippen LogP contribution in [-0.2, 0) is 19.0 Å². The van der Waals surface area contributed by atoms with Gasteiger partial charge in [0.05, 0.1) is 37.3 Å². The Balaban J connectivity index is 1.63. The third kappa shape index (κ3) is 3.18. The Morgan fingerprint density at radius 3 is 2.97 bits per heavy atom. The van der Waals surface area contributed by atoms with Gasteiger partial charge in [-0.2, -0.15) is 0 Å². The maximum Gasteiger partial charge on any atom is 0.188 e. The summed E-state index contributed by atoms with van der Waals surface area (Å²) in [6.07, 6.45) is 1.80. The molecule has 0 bridgehead atoms. The van der Waals surface area contributed by atoms with E-state index in [0.29, 0.717) is 60.9 Å². The first-order valence-electron chi connectivity index (χ1n) is 10.9. The van der Waals surface area contributed by atoms with Crippen LogP contribution in [0.1, 0.15) is 11.4 Å². The van der Waals surface area contributed by atoms with Crippen LogP contribution in [0.25, 0.3) is 22.3 Å². The minimum Gasteiger partial charge on any atom is -0.485 e. The Hall–Kier alpha value is -2.62. The molecule has 5 heterocycles. The smallest absolute Gasteiger partial charge is 0.188 e. The largest absolute Gasteiger partial charge is 0.485 e. The van der Waals surface area contributed by atoms with E-state index in [1.807, 2.05) is 19.1 Å². The Labute approximate surface area is 186 Å². The lowest BCUT2D eigenvalue weighted by molar-refractivity contribution is 0.0695. The van der Waals surface area contributed by atoms with E-state index in [1.54, 1.807) is 6.26 Å². The molecule has 168 valence electrons. The number of hydrogen-bond acceptors (Lipinski definition) is 7. The zero-order valence-electron chi connectivity index (χ0n) is 18.2.